The molecule has 1 aromatic heterocycles. The van der Waals surface area contributed by atoms with E-state index in [0.29, 0.717) is 42.1 Å². The second-order valence-electron chi connectivity index (χ2n) is 9.54. The molecule has 5 rings (SSSR count). The van der Waals surface area contributed by atoms with Gasteiger partial charge in [-0.05, 0) is 78.9 Å². The Bertz CT molecular complexity index is 1490. The molecule has 0 bridgehead atoms. The number of benzene rings is 2. The van der Waals surface area contributed by atoms with Crippen LogP contribution in [-0.4, -0.2) is 50.1 Å². The fourth-order valence-electron chi connectivity index (χ4n) is 5.09. The van der Waals surface area contributed by atoms with Crippen molar-refractivity contribution in [2.75, 3.05) is 7.11 Å². The lowest BCUT2D eigenvalue weighted by Gasteiger charge is -2.31. The molecule has 2 amide bonds. The monoisotopic (exact) mass is 559 g/mol. The summed E-state index contributed by atoms with van der Waals surface area (Å²) in [6.07, 6.45) is 0.338. The van der Waals surface area contributed by atoms with Gasteiger partial charge < -0.3 is 9.84 Å². The maximum Gasteiger partial charge on any atom is 0.416 e. The number of halogens is 3. The fourth-order valence-corrected chi connectivity index (χ4v) is 5.99. The van der Waals surface area contributed by atoms with Crippen molar-refractivity contribution in [2.24, 2.45) is 5.92 Å². The molecule has 0 spiro atoms. The molecule has 0 unspecified atom stereocenters. The molecule has 204 valence electrons. The molecule has 3 aromatic rings. The van der Waals surface area contributed by atoms with Gasteiger partial charge in [-0.25, -0.2) is 0 Å². The number of carbonyl (C=O) groups is 3. The predicted octanol–water partition coefficient (Wildman–Crippen LogP) is 5.79. The summed E-state index contributed by atoms with van der Waals surface area (Å²) in [5.41, 5.74) is 0.500. The van der Waals surface area contributed by atoms with Crippen LogP contribution in [0, 0.1) is 5.92 Å². The first-order chi connectivity index (χ1) is 18.5. The van der Waals surface area contributed by atoms with Crippen LogP contribution in [0.1, 0.15) is 42.4 Å². The van der Waals surface area contributed by atoms with E-state index in [9.17, 15) is 32.7 Å². The number of aromatic nitrogens is 2. The summed E-state index contributed by atoms with van der Waals surface area (Å²) < 4.78 is 47.3. The zero-order chi connectivity index (χ0) is 27.9. The van der Waals surface area contributed by atoms with Crippen LogP contribution in [0.2, 0.25) is 0 Å². The van der Waals surface area contributed by atoms with Gasteiger partial charge in [-0.3, -0.25) is 24.0 Å². The molecular formula is C27H24F3N3O5S. The number of nitrogens with zero attached hydrogens (tertiary/aromatic N) is 3. The highest BCUT2D eigenvalue weighted by atomic mass is 32.2. The Morgan fingerprint density at radius 1 is 1.15 bits per heavy atom. The highest BCUT2D eigenvalue weighted by molar-refractivity contribution is 8.18. The molecule has 2 heterocycles. The number of amides is 2. The first-order valence-electron chi connectivity index (χ1n) is 12.2. The molecule has 2 fully saturated rings. The number of thioether (sulfide) groups is 1. The average Bonchev–Trinajstić information content (AvgIpc) is 3.42. The predicted molar refractivity (Wildman–Crippen MR) is 138 cm³/mol. The summed E-state index contributed by atoms with van der Waals surface area (Å²) in [6, 6.07) is 8.66. The molecule has 12 heteroatoms. The van der Waals surface area contributed by atoms with Crippen molar-refractivity contribution in [3.05, 3.63) is 64.2 Å². The van der Waals surface area contributed by atoms with Gasteiger partial charge in [-0.15, -0.1) is 0 Å². The van der Waals surface area contributed by atoms with Crippen LogP contribution in [0.25, 0.3) is 17.0 Å². The van der Waals surface area contributed by atoms with Crippen LogP contribution in [0.15, 0.2) is 47.5 Å². The Morgan fingerprint density at radius 2 is 1.90 bits per heavy atom. The number of ether oxygens (including phenoxy) is 1. The van der Waals surface area contributed by atoms with E-state index in [-0.39, 0.29) is 34.0 Å². The number of carboxylic acid groups (broad SMARTS) is 1. The number of hydrogen-bond acceptors (Lipinski definition) is 6. The second kappa shape index (κ2) is 10.4. The van der Waals surface area contributed by atoms with Gasteiger partial charge >= 0.3 is 12.1 Å². The SMILES string of the molecule is COc1ccc(Cn2ncc3cc(C=C4SC(=O)N(C5CCC(C(=O)O)CC5)C4=O)ccc32)c(C(F)(F)F)c1. The van der Waals surface area contributed by atoms with Gasteiger partial charge in [0.15, 0.2) is 0 Å². The minimum atomic E-state index is -4.56. The molecule has 0 radical (unpaired) electrons. The zero-order valence-electron chi connectivity index (χ0n) is 20.8. The number of carbonyl (C=O) groups excluding carboxylic acids is 2. The van der Waals surface area contributed by atoms with Crippen molar-refractivity contribution in [1.82, 2.24) is 14.7 Å². The van der Waals surface area contributed by atoms with Gasteiger partial charge in [-0.1, -0.05) is 12.1 Å². The van der Waals surface area contributed by atoms with E-state index in [1.807, 2.05) is 0 Å². The molecule has 1 aliphatic heterocycles. The Kier molecular flexibility index (Phi) is 7.15. The third-order valence-electron chi connectivity index (χ3n) is 7.14. The fraction of sp³-hybridized carbons (Fsp3) is 0.333. The van der Waals surface area contributed by atoms with Crippen LogP contribution in [-0.2, 0) is 22.3 Å². The number of fused-ring (bicyclic) bond motifs is 1. The highest BCUT2D eigenvalue weighted by Crippen LogP contribution is 2.39. The van der Waals surface area contributed by atoms with Crippen molar-refractivity contribution in [2.45, 2.75) is 44.4 Å². The Balaban J connectivity index is 1.35. The summed E-state index contributed by atoms with van der Waals surface area (Å²) in [7, 11) is 1.31. The minimum Gasteiger partial charge on any atom is -0.497 e. The Morgan fingerprint density at radius 3 is 2.56 bits per heavy atom. The van der Waals surface area contributed by atoms with Gasteiger partial charge in [0.1, 0.15) is 5.75 Å². The number of hydrogen-bond donors (Lipinski definition) is 1. The highest BCUT2D eigenvalue weighted by Gasteiger charge is 2.41. The van der Waals surface area contributed by atoms with Gasteiger partial charge in [-0.2, -0.15) is 18.3 Å². The van der Waals surface area contributed by atoms with Crippen molar-refractivity contribution in [1.29, 1.82) is 0 Å². The van der Waals surface area contributed by atoms with E-state index < -0.39 is 29.5 Å². The average molecular weight is 560 g/mol. The summed E-state index contributed by atoms with van der Waals surface area (Å²) in [6.45, 7) is -0.106. The van der Waals surface area contributed by atoms with Crippen molar-refractivity contribution < 1.29 is 37.4 Å². The lowest BCUT2D eigenvalue weighted by atomic mass is 9.85. The lowest BCUT2D eigenvalue weighted by molar-refractivity contribution is -0.143. The molecular weight excluding hydrogens is 535 g/mol. The maximum atomic E-state index is 13.6. The van der Waals surface area contributed by atoms with Crippen molar-refractivity contribution >= 4 is 45.9 Å². The Hall–Kier alpha value is -3.80. The van der Waals surface area contributed by atoms with Gasteiger partial charge in [0.2, 0.25) is 0 Å². The number of rotatable bonds is 6. The zero-order valence-corrected chi connectivity index (χ0v) is 21.6. The van der Waals surface area contributed by atoms with E-state index in [1.54, 1.807) is 24.3 Å². The number of carboxylic acids is 1. The van der Waals surface area contributed by atoms with Crippen LogP contribution >= 0.6 is 11.8 Å². The largest absolute Gasteiger partial charge is 0.497 e. The molecule has 0 atom stereocenters. The number of aliphatic carboxylic acids is 1. The van der Waals surface area contributed by atoms with Gasteiger partial charge in [0, 0.05) is 11.4 Å². The summed E-state index contributed by atoms with van der Waals surface area (Å²) in [4.78, 5) is 38.4. The van der Waals surface area contributed by atoms with Gasteiger partial charge in [0.25, 0.3) is 11.1 Å². The first kappa shape index (κ1) is 26.8. The molecule has 1 N–H and O–H groups in total. The molecule has 2 aromatic carbocycles. The van der Waals surface area contributed by atoms with Crippen LogP contribution in [0.4, 0.5) is 18.0 Å². The molecule has 1 aliphatic carbocycles. The molecule has 1 saturated heterocycles. The van der Waals surface area contributed by atoms with E-state index >= 15 is 0 Å². The molecule has 8 nitrogen and oxygen atoms in total. The number of imide groups is 1. The summed E-state index contributed by atoms with van der Waals surface area (Å²) >= 11 is 0.841. The van der Waals surface area contributed by atoms with Crippen LogP contribution < -0.4 is 4.74 Å². The summed E-state index contributed by atoms with van der Waals surface area (Å²) in [5.74, 6) is -1.60. The Labute approximate surface area is 225 Å². The van der Waals surface area contributed by atoms with Crippen molar-refractivity contribution in [3.8, 4) is 5.75 Å². The van der Waals surface area contributed by atoms with E-state index in [1.165, 1.54) is 35.0 Å². The van der Waals surface area contributed by atoms with Gasteiger partial charge in [0.05, 0.1) is 41.8 Å². The van der Waals surface area contributed by atoms with E-state index in [0.717, 1.165) is 17.8 Å². The minimum absolute atomic E-state index is 0.0449. The molecule has 2 aliphatic rings. The normalized spacial score (nSPS) is 21.2. The quantitative estimate of drug-likeness (QED) is 0.382. The van der Waals surface area contributed by atoms with E-state index in [4.69, 9.17) is 4.74 Å². The van der Waals surface area contributed by atoms with Crippen LogP contribution in [0.5, 0.6) is 5.75 Å². The number of alkyl halides is 3. The van der Waals surface area contributed by atoms with Crippen molar-refractivity contribution in [3.63, 3.8) is 0 Å². The van der Waals surface area contributed by atoms with E-state index in [2.05, 4.69) is 5.10 Å². The third-order valence-corrected chi connectivity index (χ3v) is 8.02. The smallest absolute Gasteiger partial charge is 0.416 e. The third kappa shape index (κ3) is 5.38. The topological polar surface area (TPSA) is 102 Å². The first-order valence-corrected chi connectivity index (χ1v) is 13.1. The lowest BCUT2D eigenvalue weighted by Crippen LogP contribution is -2.41. The second-order valence-corrected chi connectivity index (χ2v) is 10.5. The van der Waals surface area contributed by atoms with Crippen LogP contribution in [0.3, 0.4) is 0 Å². The number of methoxy groups -OCH3 is 1. The molecule has 1 saturated carbocycles. The maximum absolute atomic E-state index is 13.6. The summed E-state index contributed by atoms with van der Waals surface area (Å²) in [5, 5.41) is 13.8. The molecule has 39 heavy (non-hydrogen) atoms. The standard InChI is InChI=1S/C27H24F3N3O5S/c1-38-20-8-5-17(21(12-20)27(28,29)30)14-32-22-9-2-15(10-18(22)13-31-32)11-23-24(34)33(26(37)39-23)19-6-3-16(4-7-19)25(35)36/h2,5,8-13,16,19H,3-4,6-7,14H2,1H3,(H,35,36).